The number of aliphatic carboxylic acids is 1. The van der Waals surface area contributed by atoms with Crippen LogP contribution in [-0.4, -0.2) is 17.7 Å². The molecule has 0 amide bonds. The van der Waals surface area contributed by atoms with E-state index in [9.17, 15) is 4.79 Å². The maximum atomic E-state index is 10.6. The second kappa shape index (κ2) is 6.28. The molecule has 1 atom stereocenters. The van der Waals surface area contributed by atoms with Crippen LogP contribution >= 0.6 is 0 Å². The molecule has 0 spiro atoms. The first-order valence-electron chi connectivity index (χ1n) is 5.93. The molecule has 1 aromatic carbocycles. The van der Waals surface area contributed by atoms with Gasteiger partial charge in [0.1, 0.15) is 5.75 Å². The smallest absolute Gasteiger partial charge is 0.303 e. The van der Waals surface area contributed by atoms with Gasteiger partial charge in [-0.05, 0) is 29.5 Å². The van der Waals surface area contributed by atoms with Crippen molar-refractivity contribution in [2.45, 2.75) is 33.1 Å². The first-order chi connectivity index (χ1) is 7.99. The highest BCUT2D eigenvalue weighted by Gasteiger charge is 2.09. The Kier molecular flexibility index (Phi) is 5.01. The van der Waals surface area contributed by atoms with Crippen LogP contribution in [0.1, 0.15) is 38.7 Å². The van der Waals surface area contributed by atoms with Crippen LogP contribution in [-0.2, 0) is 4.79 Å². The summed E-state index contributed by atoms with van der Waals surface area (Å²) in [4.78, 5) is 10.6. The van der Waals surface area contributed by atoms with Crippen molar-refractivity contribution in [3.63, 3.8) is 0 Å². The number of carboxylic acids is 1. The van der Waals surface area contributed by atoms with Crippen LogP contribution in [0.4, 0.5) is 0 Å². The van der Waals surface area contributed by atoms with Gasteiger partial charge >= 0.3 is 5.97 Å². The van der Waals surface area contributed by atoms with Crippen molar-refractivity contribution >= 4 is 5.97 Å². The quantitative estimate of drug-likeness (QED) is 0.824. The van der Waals surface area contributed by atoms with Gasteiger partial charge in [-0.15, -0.1) is 0 Å². The molecule has 0 saturated heterocycles. The summed E-state index contributed by atoms with van der Waals surface area (Å²) in [6, 6.07) is 7.67. The largest absolute Gasteiger partial charge is 0.493 e. The molecule has 94 valence electrons. The van der Waals surface area contributed by atoms with E-state index in [2.05, 4.69) is 13.8 Å². The Bertz CT molecular complexity index is 354. The van der Waals surface area contributed by atoms with Gasteiger partial charge < -0.3 is 9.84 Å². The topological polar surface area (TPSA) is 46.5 Å². The summed E-state index contributed by atoms with van der Waals surface area (Å²) >= 11 is 0. The summed E-state index contributed by atoms with van der Waals surface area (Å²) in [7, 11) is 0. The highest BCUT2D eigenvalue weighted by Crippen LogP contribution is 2.22. The second-order valence-electron chi connectivity index (χ2n) is 4.77. The zero-order valence-corrected chi connectivity index (χ0v) is 10.6. The van der Waals surface area contributed by atoms with Crippen molar-refractivity contribution in [3.8, 4) is 5.75 Å². The molecule has 0 aromatic heterocycles. The lowest BCUT2D eigenvalue weighted by atomic mass is 9.98. The third-order valence-corrected chi connectivity index (χ3v) is 2.51. The van der Waals surface area contributed by atoms with Gasteiger partial charge in [0.2, 0.25) is 0 Å². The van der Waals surface area contributed by atoms with E-state index in [-0.39, 0.29) is 12.3 Å². The van der Waals surface area contributed by atoms with E-state index >= 15 is 0 Å². The standard InChI is InChI=1S/C14H20O3/c1-10(2)9-17-13-6-4-12(5-7-13)11(3)8-14(15)16/h4-7,10-11H,8-9H2,1-3H3,(H,15,16). The van der Waals surface area contributed by atoms with E-state index < -0.39 is 5.97 Å². The number of hydrogen-bond donors (Lipinski definition) is 1. The van der Waals surface area contributed by atoms with Crippen LogP contribution < -0.4 is 4.74 Å². The molecular weight excluding hydrogens is 216 g/mol. The maximum absolute atomic E-state index is 10.6. The fraction of sp³-hybridized carbons (Fsp3) is 0.500. The second-order valence-corrected chi connectivity index (χ2v) is 4.77. The van der Waals surface area contributed by atoms with Gasteiger partial charge in [-0.25, -0.2) is 0 Å². The maximum Gasteiger partial charge on any atom is 0.303 e. The number of benzene rings is 1. The van der Waals surface area contributed by atoms with E-state index in [1.165, 1.54) is 0 Å². The lowest BCUT2D eigenvalue weighted by Crippen LogP contribution is -2.05. The Morgan fingerprint density at radius 3 is 2.29 bits per heavy atom. The Morgan fingerprint density at radius 2 is 1.82 bits per heavy atom. The molecule has 0 aliphatic rings. The number of carboxylic acid groups (broad SMARTS) is 1. The number of ether oxygens (including phenoxy) is 1. The van der Waals surface area contributed by atoms with Crippen LogP contribution in [0.5, 0.6) is 5.75 Å². The molecule has 3 nitrogen and oxygen atoms in total. The van der Waals surface area contributed by atoms with E-state index in [4.69, 9.17) is 9.84 Å². The summed E-state index contributed by atoms with van der Waals surface area (Å²) in [6.45, 7) is 6.81. The molecule has 1 N–H and O–H groups in total. The van der Waals surface area contributed by atoms with Gasteiger partial charge in [-0.1, -0.05) is 32.9 Å². The third kappa shape index (κ3) is 4.89. The fourth-order valence-corrected chi connectivity index (χ4v) is 1.54. The van der Waals surface area contributed by atoms with Gasteiger partial charge in [-0.3, -0.25) is 4.79 Å². The lowest BCUT2D eigenvalue weighted by molar-refractivity contribution is -0.137. The van der Waals surface area contributed by atoms with Crippen molar-refractivity contribution in [1.29, 1.82) is 0 Å². The fourth-order valence-electron chi connectivity index (χ4n) is 1.54. The summed E-state index contributed by atoms with van der Waals surface area (Å²) in [6.07, 6.45) is 0.159. The first kappa shape index (κ1) is 13.6. The highest BCUT2D eigenvalue weighted by molar-refractivity contribution is 5.67. The minimum Gasteiger partial charge on any atom is -0.493 e. The van der Waals surface area contributed by atoms with Crippen LogP contribution in [0.15, 0.2) is 24.3 Å². The number of carbonyl (C=O) groups is 1. The lowest BCUT2D eigenvalue weighted by Gasteiger charge is -2.12. The van der Waals surface area contributed by atoms with Crippen molar-refractivity contribution in [1.82, 2.24) is 0 Å². The molecule has 0 saturated carbocycles. The molecule has 1 rings (SSSR count). The van der Waals surface area contributed by atoms with Gasteiger partial charge in [0.05, 0.1) is 13.0 Å². The normalized spacial score (nSPS) is 12.5. The zero-order chi connectivity index (χ0) is 12.8. The number of rotatable bonds is 6. The molecule has 0 radical (unpaired) electrons. The molecule has 0 fully saturated rings. The minimum absolute atomic E-state index is 0.0339. The van der Waals surface area contributed by atoms with Crippen LogP contribution in [0.3, 0.4) is 0 Å². The Labute approximate surface area is 102 Å². The molecule has 3 heteroatoms. The Morgan fingerprint density at radius 1 is 1.24 bits per heavy atom. The molecule has 0 aliphatic heterocycles. The highest BCUT2D eigenvalue weighted by atomic mass is 16.5. The summed E-state index contributed by atoms with van der Waals surface area (Å²) in [5.74, 6) is 0.606. The SMILES string of the molecule is CC(C)COc1ccc(C(C)CC(=O)O)cc1. The van der Waals surface area contributed by atoms with Crippen LogP contribution in [0.2, 0.25) is 0 Å². The van der Waals surface area contributed by atoms with E-state index in [1.807, 2.05) is 31.2 Å². The third-order valence-electron chi connectivity index (χ3n) is 2.51. The van der Waals surface area contributed by atoms with Gasteiger partial charge in [-0.2, -0.15) is 0 Å². The number of hydrogen-bond acceptors (Lipinski definition) is 2. The van der Waals surface area contributed by atoms with Crippen molar-refractivity contribution in [3.05, 3.63) is 29.8 Å². The average molecular weight is 236 g/mol. The average Bonchev–Trinajstić information content (AvgIpc) is 2.26. The van der Waals surface area contributed by atoms with E-state index in [1.54, 1.807) is 0 Å². The Hall–Kier alpha value is -1.51. The molecular formula is C14H20O3. The summed E-state index contributed by atoms with van der Waals surface area (Å²) < 4.78 is 5.57. The molecule has 1 aromatic rings. The Balaban J connectivity index is 2.58. The zero-order valence-electron chi connectivity index (χ0n) is 10.6. The predicted molar refractivity (Wildman–Crippen MR) is 67.4 cm³/mol. The van der Waals surface area contributed by atoms with Gasteiger partial charge in [0, 0.05) is 0 Å². The van der Waals surface area contributed by atoms with Crippen LogP contribution in [0, 0.1) is 5.92 Å². The van der Waals surface area contributed by atoms with Crippen molar-refractivity contribution in [2.75, 3.05) is 6.61 Å². The van der Waals surface area contributed by atoms with E-state index in [0.29, 0.717) is 12.5 Å². The van der Waals surface area contributed by atoms with Crippen LogP contribution in [0.25, 0.3) is 0 Å². The summed E-state index contributed by atoms with van der Waals surface area (Å²) in [5, 5.41) is 8.72. The molecule has 0 heterocycles. The van der Waals surface area contributed by atoms with Gasteiger partial charge in [0.15, 0.2) is 0 Å². The summed E-state index contributed by atoms with van der Waals surface area (Å²) in [5.41, 5.74) is 1.03. The first-order valence-corrected chi connectivity index (χ1v) is 5.93. The van der Waals surface area contributed by atoms with Gasteiger partial charge in [0.25, 0.3) is 0 Å². The molecule has 17 heavy (non-hydrogen) atoms. The molecule has 1 unspecified atom stereocenters. The van der Waals surface area contributed by atoms with Crippen molar-refractivity contribution in [2.24, 2.45) is 5.92 Å². The van der Waals surface area contributed by atoms with Crippen molar-refractivity contribution < 1.29 is 14.6 Å². The molecule has 0 bridgehead atoms. The minimum atomic E-state index is -0.766. The van der Waals surface area contributed by atoms with E-state index in [0.717, 1.165) is 11.3 Å². The predicted octanol–water partition coefficient (Wildman–Crippen LogP) is 3.30. The molecule has 0 aliphatic carbocycles. The monoisotopic (exact) mass is 236 g/mol.